The summed E-state index contributed by atoms with van der Waals surface area (Å²) >= 11 is 1.83. The fourth-order valence-corrected chi connectivity index (χ4v) is 4.13. The topological polar surface area (TPSA) is 67.1 Å². The SMILES string of the molecule is COC(=O)C1CCN(C(=NCCc2ccco2)NCCSc2ccccc2)CC1. The Labute approximate surface area is 176 Å². The van der Waals surface area contributed by atoms with Crippen LogP contribution in [0.15, 0.2) is 63.0 Å². The molecule has 2 aromatic rings. The molecule has 1 aliphatic rings. The van der Waals surface area contributed by atoms with Crippen LogP contribution in [0.5, 0.6) is 0 Å². The quantitative estimate of drug-likeness (QED) is 0.234. The number of carbonyl (C=O) groups is 1. The van der Waals surface area contributed by atoms with E-state index >= 15 is 0 Å². The van der Waals surface area contributed by atoms with Gasteiger partial charge in [-0.3, -0.25) is 9.79 Å². The molecule has 156 valence electrons. The fraction of sp³-hybridized carbons (Fsp3) is 0.455. The van der Waals surface area contributed by atoms with E-state index in [1.54, 1.807) is 6.26 Å². The second-order valence-corrected chi connectivity index (χ2v) is 8.08. The number of methoxy groups -OCH3 is 1. The normalized spacial score (nSPS) is 15.3. The van der Waals surface area contributed by atoms with Crippen molar-refractivity contribution in [2.45, 2.75) is 24.2 Å². The Kier molecular flexibility index (Phi) is 8.49. The molecule has 2 heterocycles. The number of rotatable bonds is 8. The van der Waals surface area contributed by atoms with Gasteiger partial charge in [0, 0.05) is 43.2 Å². The van der Waals surface area contributed by atoms with Crippen LogP contribution in [0.1, 0.15) is 18.6 Å². The Morgan fingerprint density at radius 3 is 2.72 bits per heavy atom. The lowest BCUT2D eigenvalue weighted by Crippen LogP contribution is -2.47. The van der Waals surface area contributed by atoms with Crippen LogP contribution in [-0.4, -0.2) is 55.9 Å². The van der Waals surface area contributed by atoms with Crippen LogP contribution in [0.25, 0.3) is 0 Å². The van der Waals surface area contributed by atoms with Gasteiger partial charge in [0.25, 0.3) is 0 Å². The number of hydrogen-bond acceptors (Lipinski definition) is 5. The number of hydrogen-bond donors (Lipinski definition) is 1. The molecule has 0 saturated carbocycles. The Balaban J connectivity index is 1.52. The molecular weight excluding hydrogens is 386 g/mol. The molecule has 0 radical (unpaired) electrons. The van der Waals surface area contributed by atoms with Gasteiger partial charge >= 0.3 is 5.97 Å². The molecule has 0 atom stereocenters. The van der Waals surface area contributed by atoms with Crippen molar-refractivity contribution < 1.29 is 13.9 Å². The van der Waals surface area contributed by atoms with Gasteiger partial charge in [-0.05, 0) is 37.1 Å². The monoisotopic (exact) mass is 415 g/mol. The third-order valence-corrected chi connectivity index (χ3v) is 5.94. The lowest BCUT2D eigenvalue weighted by Gasteiger charge is -2.33. The van der Waals surface area contributed by atoms with Gasteiger partial charge in [-0.1, -0.05) is 18.2 Å². The highest BCUT2D eigenvalue weighted by Crippen LogP contribution is 2.19. The Morgan fingerprint density at radius 2 is 2.03 bits per heavy atom. The van der Waals surface area contributed by atoms with E-state index in [0.717, 1.165) is 56.4 Å². The summed E-state index contributed by atoms with van der Waals surface area (Å²) in [5.41, 5.74) is 0. The van der Waals surface area contributed by atoms with Gasteiger partial charge in [0.05, 0.1) is 19.3 Å². The molecule has 1 aromatic carbocycles. The molecule has 3 rings (SSSR count). The molecule has 1 aromatic heterocycles. The van der Waals surface area contributed by atoms with Gasteiger partial charge < -0.3 is 19.4 Å². The summed E-state index contributed by atoms with van der Waals surface area (Å²) in [5.74, 6) is 2.70. The van der Waals surface area contributed by atoms with Gasteiger partial charge in [0.1, 0.15) is 5.76 Å². The number of piperidine rings is 1. The highest BCUT2D eigenvalue weighted by Gasteiger charge is 2.27. The summed E-state index contributed by atoms with van der Waals surface area (Å²) in [6, 6.07) is 14.3. The maximum Gasteiger partial charge on any atom is 0.308 e. The third kappa shape index (κ3) is 6.85. The number of furan rings is 1. The molecule has 0 unspecified atom stereocenters. The molecule has 6 nitrogen and oxygen atoms in total. The molecule has 0 amide bonds. The van der Waals surface area contributed by atoms with Gasteiger partial charge in [-0.2, -0.15) is 0 Å². The van der Waals surface area contributed by atoms with Crippen LogP contribution >= 0.6 is 11.8 Å². The first-order valence-corrected chi connectivity index (χ1v) is 11.1. The Morgan fingerprint density at radius 1 is 1.24 bits per heavy atom. The highest BCUT2D eigenvalue weighted by atomic mass is 32.2. The smallest absolute Gasteiger partial charge is 0.308 e. The van der Waals surface area contributed by atoms with Gasteiger partial charge in [0.2, 0.25) is 0 Å². The number of nitrogens with one attached hydrogen (secondary N) is 1. The minimum atomic E-state index is -0.104. The van der Waals surface area contributed by atoms with E-state index in [4.69, 9.17) is 14.1 Å². The summed E-state index contributed by atoms with van der Waals surface area (Å²) < 4.78 is 10.3. The number of thioether (sulfide) groups is 1. The highest BCUT2D eigenvalue weighted by molar-refractivity contribution is 7.99. The molecule has 1 aliphatic heterocycles. The third-order valence-electron chi connectivity index (χ3n) is 4.93. The van der Waals surface area contributed by atoms with Crippen LogP contribution < -0.4 is 5.32 Å². The molecule has 29 heavy (non-hydrogen) atoms. The first kappa shape index (κ1) is 21.3. The number of ether oxygens (including phenoxy) is 1. The Hall–Kier alpha value is -2.41. The van der Waals surface area contributed by atoms with E-state index < -0.39 is 0 Å². The first-order valence-electron chi connectivity index (χ1n) is 10.1. The van der Waals surface area contributed by atoms with Crippen molar-refractivity contribution in [2.24, 2.45) is 10.9 Å². The van der Waals surface area contributed by atoms with Crippen molar-refractivity contribution in [3.63, 3.8) is 0 Å². The fourth-order valence-electron chi connectivity index (χ4n) is 3.34. The molecule has 1 fully saturated rings. The van der Waals surface area contributed by atoms with Crippen LogP contribution in [0.3, 0.4) is 0 Å². The average molecular weight is 416 g/mol. The summed E-state index contributed by atoms with van der Waals surface area (Å²) in [5, 5.41) is 3.51. The minimum Gasteiger partial charge on any atom is -0.469 e. The first-order chi connectivity index (χ1) is 14.3. The van der Waals surface area contributed by atoms with Crippen LogP contribution in [0.4, 0.5) is 0 Å². The van der Waals surface area contributed by atoms with E-state index in [9.17, 15) is 4.79 Å². The minimum absolute atomic E-state index is 0.00532. The number of aliphatic imine (C=N–C) groups is 1. The molecule has 7 heteroatoms. The van der Waals surface area contributed by atoms with Crippen LogP contribution in [-0.2, 0) is 16.0 Å². The van der Waals surface area contributed by atoms with Crippen molar-refractivity contribution in [3.05, 3.63) is 54.5 Å². The van der Waals surface area contributed by atoms with Gasteiger partial charge in [-0.15, -0.1) is 11.8 Å². The molecule has 1 N–H and O–H groups in total. The van der Waals surface area contributed by atoms with Gasteiger partial charge in [-0.25, -0.2) is 0 Å². The zero-order valence-electron chi connectivity index (χ0n) is 16.9. The second kappa shape index (κ2) is 11.6. The lowest BCUT2D eigenvalue weighted by atomic mass is 9.97. The predicted molar refractivity (Wildman–Crippen MR) is 116 cm³/mol. The van der Waals surface area contributed by atoms with Crippen molar-refractivity contribution in [1.29, 1.82) is 0 Å². The molecule has 0 bridgehead atoms. The predicted octanol–water partition coefficient (Wildman–Crippen LogP) is 3.45. The largest absolute Gasteiger partial charge is 0.469 e. The summed E-state index contributed by atoms with van der Waals surface area (Å²) in [6.07, 6.45) is 4.06. The van der Waals surface area contributed by atoms with Crippen LogP contribution in [0.2, 0.25) is 0 Å². The second-order valence-electron chi connectivity index (χ2n) is 6.91. The average Bonchev–Trinajstić information content (AvgIpc) is 3.29. The summed E-state index contributed by atoms with van der Waals surface area (Å²) in [6.45, 7) is 3.10. The Bertz CT molecular complexity index is 757. The van der Waals surface area contributed by atoms with Crippen LogP contribution in [0, 0.1) is 5.92 Å². The van der Waals surface area contributed by atoms with Crippen molar-refractivity contribution in [2.75, 3.05) is 39.0 Å². The van der Waals surface area contributed by atoms with E-state index in [2.05, 4.69) is 34.5 Å². The number of likely N-dealkylation sites (tertiary alicyclic amines) is 1. The molecule has 0 spiro atoms. The summed E-state index contributed by atoms with van der Waals surface area (Å²) in [7, 11) is 1.46. The zero-order chi connectivity index (χ0) is 20.3. The maximum atomic E-state index is 11.8. The maximum absolute atomic E-state index is 11.8. The van der Waals surface area contributed by atoms with Crippen molar-refractivity contribution in [3.8, 4) is 0 Å². The summed E-state index contributed by atoms with van der Waals surface area (Å²) in [4.78, 5) is 20.1. The van der Waals surface area contributed by atoms with Crippen molar-refractivity contribution >= 4 is 23.7 Å². The lowest BCUT2D eigenvalue weighted by molar-refractivity contribution is -0.146. The van der Waals surface area contributed by atoms with E-state index in [1.165, 1.54) is 12.0 Å². The molecular formula is C22H29N3O3S. The number of benzene rings is 1. The molecule has 1 saturated heterocycles. The number of esters is 1. The van der Waals surface area contributed by atoms with Gasteiger partial charge in [0.15, 0.2) is 5.96 Å². The molecule has 0 aliphatic carbocycles. The number of carbonyl (C=O) groups excluding carboxylic acids is 1. The zero-order valence-corrected chi connectivity index (χ0v) is 17.7. The van der Waals surface area contributed by atoms with E-state index in [-0.39, 0.29) is 11.9 Å². The standard InChI is InChI=1S/C22H29N3O3S/c1-27-21(26)18-10-14-25(15-11-18)22(23-12-9-19-6-5-16-28-19)24-13-17-29-20-7-3-2-4-8-20/h2-8,16,18H,9-15,17H2,1H3,(H,23,24). The number of guanidine groups is 1. The van der Waals surface area contributed by atoms with E-state index in [0.29, 0.717) is 6.54 Å². The van der Waals surface area contributed by atoms with Crippen molar-refractivity contribution in [1.82, 2.24) is 10.2 Å². The van der Waals surface area contributed by atoms with E-state index in [1.807, 2.05) is 30.0 Å². The number of nitrogens with zero attached hydrogens (tertiary/aromatic N) is 2.